The molecule has 4 rings (SSSR count). The molecule has 0 radical (unpaired) electrons. The summed E-state index contributed by atoms with van der Waals surface area (Å²) in [4.78, 5) is 24.7. The molecule has 1 fully saturated rings. The van der Waals surface area contributed by atoms with Gasteiger partial charge in [-0.3, -0.25) is 9.79 Å². The van der Waals surface area contributed by atoms with Crippen molar-refractivity contribution in [1.29, 1.82) is 0 Å². The highest BCUT2D eigenvalue weighted by atomic mass is 35.5. The van der Waals surface area contributed by atoms with E-state index in [4.69, 9.17) is 21.6 Å². The number of hydrogen-bond donors (Lipinski definition) is 1. The molecule has 168 valence electrons. The zero-order valence-corrected chi connectivity index (χ0v) is 19.1. The number of benzene rings is 2. The second kappa shape index (κ2) is 9.68. The second-order valence-corrected chi connectivity index (χ2v) is 9.14. The standard InChI is InChI=1S/C23H23ClF2N4OS/c1-2-30-11-9-23(10-12-30)28-21(15-3-5-16(25)6-4-15)22(29-23)32-14-20(31)27-17-7-8-19(26)18(24)13-17/h3-8,13H,2,9-12,14H2,1H3,(H,27,31). The van der Waals surface area contributed by atoms with Crippen molar-refractivity contribution in [2.75, 3.05) is 30.7 Å². The predicted molar refractivity (Wildman–Crippen MR) is 127 cm³/mol. The summed E-state index contributed by atoms with van der Waals surface area (Å²) in [5, 5.41) is 3.34. The number of nitrogens with zero attached hydrogens (tertiary/aromatic N) is 3. The van der Waals surface area contributed by atoms with Crippen LogP contribution in [0, 0.1) is 11.6 Å². The number of carbonyl (C=O) groups is 1. The Morgan fingerprint density at radius 2 is 1.88 bits per heavy atom. The van der Waals surface area contributed by atoms with E-state index < -0.39 is 11.5 Å². The number of carbonyl (C=O) groups excluding carboxylic acids is 1. The van der Waals surface area contributed by atoms with E-state index in [1.165, 1.54) is 42.1 Å². The number of amides is 1. The number of piperidine rings is 1. The molecule has 32 heavy (non-hydrogen) atoms. The third-order valence-electron chi connectivity index (χ3n) is 5.60. The summed E-state index contributed by atoms with van der Waals surface area (Å²) in [6.45, 7) is 4.94. The first-order valence-corrected chi connectivity index (χ1v) is 11.8. The number of likely N-dealkylation sites (tertiary alicyclic amines) is 1. The van der Waals surface area contributed by atoms with Gasteiger partial charge in [-0.2, -0.15) is 0 Å². The summed E-state index contributed by atoms with van der Waals surface area (Å²) < 4.78 is 26.8. The van der Waals surface area contributed by atoms with Crippen LogP contribution in [-0.4, -0.2) is 52.6 Å². The molecule has 1 N–H and O–H groups in total. The number of aliphatic imine (C=N–C) groups is 2. The Kier molecular flexibility index (Phi) is 6.93. The van der Waals surface area contributed by atoms with Gasteiger partial charge in [0.15, 0.2) is 5.66 Å². The summed E-state index contributed by atoms with van der Waals surface area (Å²) in [6, 6.07) is 10.2. The van der Waals surface area contributed by atoms with E-state index in [1.807, 2.05) is 0 Å². The molecule has 2 heterocycles. The Balaban J connectivity index is 1.50. The lowest BCUT2D eigenvalue weighted by atomic mass is 9.98. The van der Waals surface area contributed by atoms with Gasteiger partial charge in [-0.25, -0.2) is 13.8 Å². The molecule has 0 saturated carbocycles. The van der Waals surface area contributed by atoms with Crippen LogP contribution >= 0.6 is 23.4 Å². The summed E-state index contributed by atoms with van der Waals surface area (Å²) in [7, 11) is 0. The van der Waals surface area contributed by atoms with E-state index in [1.54, 1.807) is 12.1 Å². The molecule has 2 aromatic carbocycles. The van der Waals surface area contributed by atoms with Gasteiger partial charge < -0.3 is 10.2 Å². The molecule has 5 nitrogen and oxygen atoms in total. The lowest BCUT2D eigenvalue weighted by Gasteiger charge is -2.34. The van der Waals surface area contributed by atoms with Crippen LogP contribution in [0.3, 0.4) is 0 Å². The topological polar surface area (TPSA) is 57.1 Å². The monoisotopic (exact) mass is 476 g/mol. The van der Waals surface area contributed by atoms with Crippen LogP contribution < -0.4 is 5.32 Å². The lowest BCUT2D eigenvalue weighted by molar-refractivity contribution is -0.113. The van der Waals surface area contributed by atoms with E-state index >= 15 is 0 Å². The van der Waals surface area contributed by atoms with E-state index in [2.05, 4.69) is 17.1 Å². The Labute approximate surface area is 195 Å². The van der Waals surface area contributed by atoms with Crippen molar-refractivity contribution in [1.82, 2.24) is 4.90 Å². The van der Waals surface area contributed by atoms with Crippen molar-refractivity contribution in [3.63, 3.8) is 0 Å². The first-order chi connectivity index (χ1) is 15.4. The molecule has 1 saturated heterocycles. The zero-order chi connectivity index (χ0) is 22.7. The van der Waals surface area contributed by atoms with Gasteiger partial charge in [0, 0.05) is 37.2 Å². The van der Waals surface area contributed by atoms with Gasteiger partial charge in [0.25, 0.3) is 0 Å². The van der Waals surface area contributed by atoms with E-state index in [-0.39, 0.29) is 22.5 Å². The smallest absolute Gasteiger partial charge is 0.234 e. The largest absolute Gasteiger partial charge is 0.325 e. The Hall–Kier alpha value is -2.29. The number of hydrogen-bond acceptors (Lipinski definition) is 5. The maximum atomic E-state index is 13.4. The van der Waals surface area contributed by atoms with Crippen molar-refractivity contribution < 1.29 is 13.6 Å². The third-order valence-corrected chi connectivity index (χ3v) is 6.85. The minimum absolute atomic E-state index is 0.0540. The number of thioether (sulfide) groups is 1. The van der Waals surface area contributed by atoms with Gasteiger partial charge in [-0.15, -0.1) is 0 Å². The maximum Gasteiger partial charge on any atom is 0.234 e. The molecule has 0 atom stereocenters. The average molecular weight is 477 g/mol. The highest BCUT2D eigenvalue weighted by Crippen LogP contribution is 2.35. The van der Waals surface area contributed by atoms with Crippen LogP contribution in [0.25, 0.3) is 0 Å². The number of halogens is 3. The van der Waals surface area contributed by atoms with Crippen LogP contribution in [0.2, 0.25) is 5.02 Å². The molecule has 0 aromatic heterocycles. The fourth-order valence-corrected chi connectivity index (χ4v) is 4.83. The first-order valence-electron chi connectivity index (χ1n) is 10.4. The van der Waals surface area contributed by atoms with Crippen molar-refractivity contribution in [3.05, 3.63) is 64.7 Å². The molecule has 1 spiro atoms. The minimum Gasteiger partial charge on any atom is -0.325 e. The third kappa shape index (κ3) is 5.19. The molecular formula is C23H23ClF2N4OS. The summed E-state index contributed by atoms with van der Waals surface area (Å²) in [5.41, 5.74) is 1.36. The van der Waals surface area contributed by atoms with Crippen molar-refractivity contribution in [3.8, 4) is 0 Å². The molecular weight excluding hydrogens is 454 g/mol. The number of nitrogens with one attached hydrogen (secondary N) is 1. The van der Waals surface area contributed by atoms with Gasteiger partial charge in [0.1, 0.15) is 16.7 Å². The Bertz CT molecular complexity index is 1070. The van der Waals surface area contributed by atoms with Gasteiger partial charge in [0.05, 0.1) is 16.5 Å². The highest BCUT2D eigenvalue weighted by molar-refractivity contribution is 8.16. The molecule has 2 aliphatic heterocycles. The van der Waals surface area contributed by atoms with Crippen LogP contribution in [-0.2, 0) is 4.79 Å². The van der Waals surface area contributed by atoms with Gasteiger partial charge >= 0.3 is 0 Å². The molecule has 0 aliphatic carbocycles. The summed E-state index contributed by atoms with van der Waals surface area (Å²) >= 11 is 7.08. The van der Waals surface area contributed by atoms with E-state index in [0.717, 1.165) is 38.0 Å². The fourth-order valence-electron chi connectivity index (χ4n) is 3.78. The lowest BCUT2D eigenvalue weighted by Crippen LogP contribution is -2.41. The van der Waals surface area contributed by atoms with Crippen LogP contribution in [0.5, 0.6) is 0 Å². The average Bonchev–Trinajstić information content (AvgIpc) is 3.14. The SMILES string of the molecule is CCN1CCC2(CC1)N=C(SCC(=O)Nc1ccc(F)c(Cl)c1)C(c1ccc(F)cc1)=N2. The molecule has 2 aromatic rings. The summed E-state index contributed by atoms with van der Waals surface area (Å²) in [5.74, 6) is -1.02. The highest BCUT2D eigenvalue weighted by Gasteiger charge is 2.39. The van der Waals surface area contributed by atoms with Crippen LogP contribution in [0.15, 0.2) is 52.4 Å². The molecule has 1 amide bonds. The molecule has 9 heteroatoms. The Morgan fingerprint density at radius 3 is 2.53 bits per heavy atom. The molecule has 2 aliphatic rings. The maximum absolute atomic E-state index is 13.4. The van der Waals surface area contributed by atoms with Crippen molar-refractivity contribution in [2.45, 2.75) is 25.4 Å². The molecule has 0 bridgehead atoms. The normalized spacial score (nSPS) is 17.9. The fraction of sp³-hybridized carbons (Fsp3) is 0.348. The van der Waals surface area contributed by atoms with E-state index in [0.29, 0.717) is 16.4 Å². The van der Waals surface area contributed by atoms with E-state index in [9.17, 15) is 13.6 Å². The summed E-state index contributed by atoms with van der Waals surface area (Å²) in [6.07, 6.45) is 1.60. The number of anilines is 1. The first kappa shape index (κ1) is 22.9. The van der Waals surface area contributed by atoms with Crippen LogP contribution in [0.1, 0.15) is 25.3 Å². The number of rotatable bonds is 5. The van der Waals surface area contributed by atoms with Crippen LogP contribution in [0.4, 0.5) is 14.5 Å². The van der Waals surface area contributed by atoms with Gasteiger partial charge in [-0.05, 0) is 49.0 Å². The Morgan fingerprint density at radius 1 is 1.16 bits per heavy atom. The van der Waals surface area contributed by atoms with Crippen molar-refractivity contribution >= 4 is 45.7 Å². The second-order valence-electron chi connectivity index (χ2n) is 7.77. The van der Waals surface area contributed by atoms with Gasteiger partial charge in [0.2, 0.25) is 5.91 Å². The van der Waals surface area contributed by atoms with Crippen molar-refractivity contribution in [2.24, 2.45) is 9.98 Å². The van der Waals surface area contributed by atoms with Gasteiger partial charge in [-0.1, -0.05) is 30.3 Å². The molecule has 0 unspecified atom stereocenters. The predicted octanol–water partition coefficient (Wildman–Crippen LogP) is 5.00. The quantitative estimate of drug-likeness (QED) is 0.660. The minimum atomic E-state index is -0.543. The zero-order valence-electron chi connectivity index (χ0n) is 17.6.